The van der Waals surface area contributed by atoms with Crippen LogP contribution in [0.4, 0.5) is 9.52 Å². The number of aromatic nitrogens is 2. The molecule has 0 spiro atoms. The molecule has 0 unspecified atom stereocenters. The van der Waals surface area contributed by atoms with Gasteiger partial charge in [0.25, 0.3) is 5.91 Å². The lowest BCUT2D eigenvalue weighted by Crippen LogP contribution is -2.31. The molecular weight excluding hydrogens is 429 g/mol. The van der Waals surface area contributed by atoms with Crippen LogP contribution in [-0.4, -0.2) is 15.9 Å². The number of benzene rings is 2. The smallest absolute Gasteiger partial charge is 0.261 e. The van der Waals surface area contributed by atoms with E-state index >= 15 is 0 Å². The van der Waals surface area contributed by atoms with Crippen molar-refractivity contribution in [3.05, 3.63) is 88.4 Å². The van der Waals surface area contributed by atoms with Gasteiger partial charge in [0.1, 0.15) is 5.82 Å². The van der Waals surface area contributed by atoms with Crippen molar-refractivity contribution in [3.63, 3.8) is 0 Å². The SMILES string of the molecule is O=C(c1ccccc1Br)N(Cc1ccccn1)c1nc2ccc(F)cc2s1. The summed E-state index contributed by atoms with van der Waals surface area (Å²) < 4.78 is 14.9. The highest BCUT2D eigenvalue weighted by Gasteiger charge is 2.23. The van der Waals surface area contributed by atoms with Gasteiger partial charge < -0.3 is 0 Å². The first-order valence-electron chi connectivity index (χ1n) is 8.14. The van der Waals surface area contributed by atoms with Crippen LogP contribution < -0.4 is 4.90 Å². The Morgan fingerprint density at radius 2 is 1.93 bits per heavy atom. The fourth-order valence-electron chi connectivity index (χ4n) is 2.66. The van der Waals surface area contributed by atoms with Gasteiger partial charge in [0.2, 0.25) is 0 Å². The minimum atomic E-state index is -0.328. The Balaban J connectivity index is 1.79. The largest absolute Gasteiger partial charge is 0.278 e. The van der Waals surface area contributed by atoms with E-state index in [2.05, 4.69) is 25.9 Å². The summed E-state index contributed by atoms with van der Waals surface area (Å²) in [4.78, 5) is 23.7. The Kier molecular flexibility index (Phi) is 4.96. The van der Waals surface area contributed by atoms with Crippen molar-refractivity contribution in [2.45, 2.75) is 6.54 Å². The molecule has 4 aromatic rings. The first kappa shape index (κ1) is 17.8. The van der Waals surface area contributed by atoms with Gasteiger partial charge in [-0.2, -0.15) is 0 Å². The van der Waals surface area contributed by atoms with Gasteiger partial charge in [-0.15, -0.1) is 0 Å². The van der Waals surface area contributed by atoms with E-state index in [9.17, 15) is 9.18 Å². The standard InChI is InChI=1S/C20H13BrFN3OS/c21-16-7-2-1-6-15(16)19(26)25(12-14-5-3-4-10-23-14)20-24-17-9-8-13(22)11-18(17)27-20/h1-11H,12H2. The minimum Gasteiger partial charge on any atom is -0.278 e. The second-order valence-electron chi connectivity index (χ2n) is 5.80. The highest BCUT2D eigenvalue weighted by molar-refractivity contribution is 9.10. The molecule has 0 saturated heterocycles. The van der Waals surface area contributed by atoms with Crippen molar-refractivity contribution in [1.82, 2.24) is 9.97 Å². The number of amides is 1. The van der Waals surface area contributed by atoms with Gasteiger partial charge >= 0.3 is 0 Å². The van der Waals surface area contributed by atoms with Crippen LogP contribution in [0.3, 0.4) is 0 Å². The quantitative estimate of drug-likeness (QED) is 0.423. The summed E-state index contributed by atoms with van der Waals surface area (Å²) in [7, 11) is 0. The molecule has 27 heavy (non-hydrogen) atoms. The molecule has 1 amide bonds. The molecule has 0 aliphatic rings. The van der Waals surface area contributed by atoms with E-state index in [1.165, 1.54) is 23.5 Å². The lowest BCUT2D eigenvalue weighted by Gasteiger charge is -2.20. The van der Waals surface area contributed by atoms with Crippen LogP contribution in [0.25, 0.3) is 10.2 Å². The molecule has 134 valence electrons. The Bertz CT molecular complexity index is 1120. The van der Waals surface area contributed by atoms with E-state index in [0.29, 0.717) is 25.4 Å². The highest BCUT2D eigenvalue weighted by atomic mass is 79.9. The third-order valence-corrected chi connectivity index (χ3v) is 5.70. The summed E-state index contributed by atoms with van der Waals surface area (Å²) in [5.74, 6) is -0.529. The minimum absolute atomic E-state index is 0.201. The van der Waals surface area contributed by atoms with Crippen molar-refractivity contribution < 1.29 is 9.18 Å². The summed E-state index contributed by atoms with van der Waals surface area (Å²) in [5, 5.41) is 0.502. The first-order valence-corrected chi connectivity index (χ1v) is 9.75. The number of halogens is 2. The van der Waals surface area contributed by atoms with Crippen LogP contribution in [0.5, 0.6) is 0 Å². The number of fused-ring (bicyclic) bond motifs is 1. The predicted molar refractivity (Wildman–Crippen MR) is 108 cm³/mol. The number of carbonyl (C=O) groups excluding carboxylic acids is 1. The monoisotopic (exact) mass is 441 g/mol. The molecule has 4 nitrogen and oxygen atoms in total. The van der Waals surface area contributed by atoms with E-state index in [1.54, 1.807) is 23.2 Å². The van der Waals surface area contributed by atoms with Crippen LogP contribution in [0.15, 0.2) is 71.3 Å². The Morgan fingerprint density at radius 3 is 2.70 bits per heavy atom. The second kappa shape index (κ2) is 7.54. The van der Waals surface area contributed by atoms with E-state index in [4.69, 9.17) is 0 Å². The van der Waals surface area contributed by atoms with Crippen molar-refractivity contribution >= 4 is 48.5 Å². The average Bonchev–Trinajstić information content (AvgIpc) is 3.09. The normalized spacial score (nSPS) is 10.9. The van der Waals surface area contributed by atoms with Crippen molar-refractivity contribution in [3.8, 4) is 0 Å². The van der Waals surface area contributed by atoms with Crippen LogP contribution in [0.1, 0.15) is 16.1 Å². The lowest BCUT2D eigenvalue weighted by molar-refractivity contribution is 0.0984. The van der Waals surface area contributed by atoms with Gasteiger partial charge in [0.05, 0.1) is 28.0 Å². The zero-order valence-corrected chi connectivity index (χ0v) is 16.4. The highest BCUT2D eigenvalue weighted by Crippen LogP contribution is 2.32. The number of nitrogens with zero attached hydrogens (tertiary/aromatic N) is 3. The topological polar surface area (TPSA) is 46.1 Å². The third kappa shape index (κ3) is 3.74. The van der Waals surface area contributed by atoms with Gasteiger partial charge in [-0.25, -0.2) is 9.37 Å². The van der Waals surface area contributed by atoms with Crippen molar-refractivity contribution in [2.75, 3.05) is 4.90 Å². The van der Waals surface area contributed by atoms with E-state index in [1.807, 2.05) is 36.4 Å². The van der Waals surface area contributed by atoms with E-state index < -0.39 is 0 Å². The molecule has 0 N–H and O–H groups in total. The molecule has 2 heterocycles. The summed E-state index contributed by atoms with van der Waals surface area (Å²) >= 11 is 4.72. The molecule has 2 aromatic heterocycles. The average molecular weight is 442 g/mol. The maximum absolute atomic E-state index is 13.6. The molecule has 0 saturated carbocycles. The Morgan fingerprint density at radius 1 is 1.11 bits per heavy atom. The summed E-state index contributed by atoms with van der Waals surface area (Å²) in [5.41, 5.74) is 1.92. The third-order valence-electron chi connectivity index (χ3n) is 3.97. The number of hydrogen-bond acceptors (Lipinski definition) is 4. The van der Waals surface area contributed by atoms with E-state index in [-0.39, 0.29) is 18.3 Å². The van der Waals surface area contributed by atoms with Gasteiger partial charge in [-0.3, -0.25) is 14.7 Å². The number of thiazole rings is 1. The van der Waals surface area contributed by atoms with Gasteiger partial charge in [-0.05, 0) is 58.4 Å². The van der Waals surface area contributed by atoms with Crippen molar-refractivity contribution in [2.24, 2.45) is 0 Å². The number of rotatable bonds is 4. The fourth-order valence-corrected chi connectivity index (χ4v) is 4.10. The first-order chi connectivity index (χ1) is 13.1. The molecule has 0 aliphatic heterocycles. The van der Waals surface area contributed by atoms with Crippen LogP contribution in [0, 0.1) is 5.82 Å². The summed E-state index contributed by atoms with van der Waals surface area (Å²) in [6.07, 6.45) is 1.68. The van der Waals surface area contributed by atoms with Crippen LogP contribution >= 0.6 is 27.3 Å². The maximum Gasteiger partial charge on any atom is 0.261 e. The maximum atomic E-state index is 13.6. The molecule has 0 radical (unpaired) electrons. The van der Waals surface area contributed by atoms with Crippen LogP contribution in [-0.2, 0) is 6.54 Å². The Labute approximate surface area is 167 Å². The van der Waals surface area contributed by atoms with Gasteiger partial charge in [0, 0.05) is 10.7 Å². The zero-order chi connectivity index (χ0) is 18.8. The number of hydrogen-bond donors (Lipinski definition) is 0. The fraction of sp³-hybridized carbons (Fsp3) is 0.0500. The van der Waals surface area contributed by atoms with Gasteiger partial charge in [-0.1, -0.05) is 29.5 Å². The summed E-state index contributed by atoms with van der Waals surface area (Å²) in [6.45, 7) is 0.267. The zero-order valence-electron chi connectivity index (χ0n) is 14.0. The predicted octanol–water partition coefficient (Wildman–Crippen LogP) is 5.44. The second-order valence-corrected chi connectivity index (χ2v) is 7.66. The summed E-state index contributed by atoms with van der Waals surface area (Å²) in [6, 6.07) is 17.2. The number of carbonyl (C=O) groups is 1. The Hall–Kier alpha value is -2.64. The molecule has 0 aliphatic carbocycles. The molecular formula is C20H13BrFN3OS. The number of pyridine rings is 1. The lowest BCUT2D eigenvalue weighted by atomic mass is 10.2. The van der Waals surface area contributed by atoms with E-state index in [0.717, 1.165) is 5.69 Å². The van der Waals surface area contributed by atoms with Gasteiger partial charge in [0.15, 0.2) is 5.13 Å². The molecule has 0 bridgehead atoms. The van der Waals surface area contributed by atoms with Crippen molar-refractivity contribution in [1.29, 1.82) is 0 Å². The molecule has 4 rings (SSSR count). The molecule has 0 fully saturated rings. The molecule has 0 atom stereocenters. The number of anilines is 1. The molecule has 2 aromatic carbocycles. The molecule has 7 heteroatoms. The van der Waals surface area contributed by atoms with Crippen LogP contribution in [0.2, 0.25) is 0 Å².